The second kappa shape index (κ2) is 4.88. The molecular weight excluding hydrogens is 274 g/mol. The van der Waals surface area contributed by atoms with Crippen LogP contribution in [0, 0.1) is 0 Å². The van der Waals surface area contributed by atoms with E-state index in [4.69, 9.17) is 10.8 Å². The van der Waals surface area contributed by atoms with Crippen LogP contribution in [0.5, 0.6) is 0 Å². The number of nitrogens with two attached hydrogens (primary N) is 1. The van der Waals surface area contributed by atoms with Gasteiger partial charge in [-0.05, 0) is 31.4 Å². The monoisotopic (exact) mass is 291 g/mol. The molecule has 8 heteroatoms. The molecule has 2 aromatic rings. The van der Waals surface area contributed by atoms with E-state index >= 15 is 0 Å². The van der Waals surface area contributed by atoms with Crippen LogP contribution in [0.2, 0.25) is 0 Å². The van der Waals surface area contributed by atoms with Crippen LogP contribution in [0.4, 0.5) is 10.6 Å². The number of fused-ring (bicyclic) bond motifs is 1. The Bertz CT molecular complexity index is 685. The lowest BCUT2D eigenvalue weighted by Gasteiger charge is -2.26. The lowest BCUT2D eigenvalue weighted by Crippen LogP contribution is -2.33. The van der Waals surface area contributed by atoms with E-state index < -0.39 is 11.7 Å². The van der Waals surface area contributed by atoms with Gasteiger partial charge in [0.1, 0.15) is 17.4 Å². The molecule has 1 saturated heterocycles. The Balaban J connectivity index is 1.97. The number of aliphatic hydroxyl groups is 1. The van der Waals surface area contributed by atoms with Crippen LogP contribution in [0.25, 0.3) is 5.52 Å². The maximum atomic E-state index is 11.1. The van der Waals surface area contributed by atoms with E-state index in [-0.39, 0.29) is 0 Å². The molecule has 112 valence electrons. The molecule has 0 aromatic carbocycles. The molecule has 3 rings (SSSR count). The van der Waals surface area contributed by atoms with Crippen LogP contribution < -0.4 is 5.73 Å². The zero-order valence-electron chi connectivity index (χ0n) is 11.4. The minimum Gasteiger partial charge on any atom is -0.465 e. The van der Waals surface area contributed by atoms with E-state index in [0.717, 1.165) is 0 Å². The van der Waals surface area contributed by atoms with Gasteiger partial charge in [-0.2, -0.15) is 5.10 Å². The van der Waals surface area contributed by atoms with Gasteiger partial charge in [-0.15, -0.1) is 0 Å². The molecule has 2 aromatic heterocycles. The summed E-state index contributed by atoms with van der Waals surface area (Å²) in [5, 5.41) is 24.2. The molecule has 0 radical (unpaired) electrons. The van der Waals surface area contributed by atoms with E-state index in [9.17, 15) is 9.90 Å². The third kappa shape index (κ3) is 2.27. The fraction of sp³-hybridized carbons (Fsp3) is 0.462. The summed E-state index contributed by atoms with van der Waals surface area (Å²) in [5.41, 5.74) is 5.94. The molecule has 3 heterocycles. The highest BCUT2D eigenvalue weighted by Crippen LogP contribution is 2.34. The van der Waals surface area contributed by atoms with E-state index in [1.165, 1.54) is 11.2 Å². The summed E-state index contributed by atoms with van der Waals surface area (Å²) in [6, 6.07) is 3.54. The van der Waals surface area contributed by atoms with Crippen molar-refractivity contribution in [3.05, 3.63) is 24.2 Å². The molecule has 4 N–H and O–H groups in total. The molecule has 1 fully saturated rings. The highest BCUT2D eigenvalue weighted by molar-refractivity contribution is 5.66. The zero-order valence-corrected chi connectivity index (χ0v) is 11.4. The smallest absolute Gasteiger partial charge is 0.407 e. The van der Waals surface area contributed by atoms with Crippen LogP contribution in [-0.4, -0.2) is 48.9 Å². The van der Waals surface area contributed by atoms with E-state index in [1.54, 1.807) is 16.6 Å². The van der Waals surface area contributed by atoms with Gasteiger partial charge in [-0.3, -0.25) is 0 Å². The quantitative estimate of drug-likeness (QED) is 0.710. The van der Waals surface area contributed by atoms with Gasteiger partial charge in [-0.1, -0.05) is 0 Å². The van der Waals surface area contributed by atoms with Crippen molar-refractivity contribution >= 4 is 17.4 Å². The topological polar surface area (TPSA) is 117 Å². The summed E-state index contributed by atoms with van der Waals surface area (Å²) in [4.78, 5) is 16.3. The van der Waals surface area contributed by atoms with Crippen LogP contribution >= 0.6 is 0 Å². The highest BCUT2D eigenvalue weighted by Gasteiger charge is 2.35. The zero-order chi connectivity index (χ0) is 15.0. The molecule has 0 saturated carbocycles. The van der Waals surface area contributed by atoms with Crippen molar-refractivity contribution in [2.75, 3.05) is 18.8 Å². The maximum Gasteiger partial charge on any atom is 0.407 e. The number of aromatic nitrogens is 3. The third-order valence-electron chi connectivity index (χ3n) is 4.04. The fourth-order valence-electron chi connectivity index (χ4n) is 2.87. The number of hydrogen-bond donors (Lipinski definition) is 3. The maximum absolute atomic E-state index is 11.1. The van der Waals surface area contributed by atoms with Crippen molar-refractivity contribution in [2.24, 2.45) is 0 Å². The Hall–Kier alpha value is -2.35. The average Bonchev–Trinajstić information content (AvgIpc) is 2.78. The second-order valence-electron chi connectivity index (χ2n) is 5.32. The molecule has 0 spiro atoms. The van der Waals surface area contributed by atoms with Gasteiger partial charge in [0, 0.05) is 13.1 Å². The Morgan fingerprint density at radius 3 is 2.90 bits per heavy atom. The van der Waals surface area contributed by atoms with Gasteiger partial charge >= 0.3 is 6.09 Å². The van der Waals surface area contributed by atoms with Crippen LogP contribution in [-0.2, 0) is 5.60 Å². The van der Waals surface area contributed by atoms with Crippen molar-refractivity contribution in [3.63, 3.8) is 0 Å². The first-order chi connectivity index (χ1) is 10.0. The molecule has 1 aliphatic heterocycles. The number of nitrogens with zero attached hydrogens (tertiary/aromatic N) is 4. The molecule has 1 unspecified atom stereocenters. The number of likely N-dealkylation sites (tertiary alicyclic amines) is 1. The minimum atomic E-state index is -1.11. The molecule has 0 bridgehead atoms. The first-order valence-corrected chi connectivity index (χ1v) is 6.80. The molecule has 21 heavy (non-hydrogen) atoms. The van der Waals surface area contributed by atoms with Crippen molar-refractivity contribution in [1.29, 1.82) is 0 Å². The molecule has 1 aliphatic rings. The number of amides is 1. The minimum absolute atomic E-state index is 0.291. The van der Waals surface area contributed by atoms with Crippen molar-refractivity contribution in [2.45, 2.75) is 24.9 Å². The number of anilines is 1. The lowest BCUT2D eigenvalue weighted by molar-refractivity contribution is 0.0157. The summed E-state index contributed by atoms with van der Waals surface area (Å²) in [7, 11) is 0. The van der Waals surface area contributed by atoms with Crippen molar-refractivity contribution in [1.82, 2.24) is 19.5 Å². The molecule has 8 nitrogen and oxygen atoms in total. The normalized spacial score (nSPS) is 23.2. The number of nitrogen functional groups attached to an aromatic ring is 1. The number of carbonyl (C=O) groups is 1. The Morgan fingerprint density at radius 1 is 1.33 bits per heavy atom. The van der Waals surface area contributed by atoms with Gasteiger partial charge in [0.2, 0.25) is 0 Å². The van der Waals surface area contributed by atoms with Gasteiger partial charge in [0.05, 0.1) is 5.69 Å². The largest absolute Gasteiger partial charge is 0.465 e. The molecular formula is C13H17N5O3. The van der Waals surface area contributed by atoms with E-state index in [2.05, 4.69) is 10.1 Å². The standard InChI is InChI=1S/C13H17N5O3/c14-11-9-2-3-10(18(9)16-8-15-11)13(21)4-1-6-17(7-5-13)12(19)20/h2-3,8,21H,1,4-7H2,(H,19,20)(H2,14,15,16). The predicted molar refractivity (Wildman–Crippen MR) is 74.7 cm³/mol. The van der Waals surface area contributed by atoms with Crippen LogP contribution in [0.15, 0.2) is 18.5 Å². The van der Waals surface area contributed by atoms with E-state index in [1.807, 2.05) is 0 Å². The van der Waals surface area contributed by atoms with Gasteiger partial charge < -0.3 is 20.8 Å². The third-order valence-corrected chi connectivity index (χ3v) is 4.04. The van der Waals surface area contributed by atoms with Crippen molar-refractivity contribution < 1.29 is 15.0 Å². The predicted octanol–water partition coefficient (Wildman–Crippen LogP) is 0.663. The fourth-order valence-corrected chi connectivity index (χ4v) is 2.87. The Labute approximate surface area is 120 Å². The summed E-state index contributed by atoms with van der Waals surface area (Å²) in [6.07, 6.45) is 1.79. The summed E-state index contributed by atoms with van der Waals surface area (Å²) in [5.74, 6) is 0.348. The average molecular weight is 291 g/mol. The Kier molecular flexibility index (Phi) is 3.17. The number of rotatable bonds is 1. The molecule has 0 aliphatic carbocycles. The summed E-state index contributed by atoms with van der Waals surface area (Å²) >= 11 is 0. The lowest BCUT2D eigenvalue weighted by atomic mass is 9.91. The number of carboxylic acid groups (broad SMARTS) is 1. The van der Waals surface area contributed by atoms with Crippen molar-refractivity contribution in [3.8, 4) is 0 Å². The number of hydrogen-bond acceptors (Lipinski definition) is 5. The summed E-state index contributed by atoms with van der Waals surface area (Å²) < 4.78 is 1.58. The van der Waals surface area contributed by atoms with Gasteiger partial charge in [0.25, 0.3) is 0 Å². The highest BCUT2D eigenvalue weighted by atomic mass is 16.4. The summed E-state index contributed by atoms with van der Waals surface area (Å²) in [6.45, 7) is 0.720. The molecule has 1 amide bonds. The van der Waals surface area contributed by atoms with Gasteiger partial charge in [-0.25, -0.2) is 14.3 Å². The Morgan fingerprint density at radius 2 is 2.14 bits per heavy atom. The first kappa shape index (κ1) is 13.6. The second-order valence-corrected chi connectivity index (χ2v) is 5.32. The molecule has 1 atom stereocenters. The van der Waals surface area contributed by atoms with Crippen LogP contribution in [0.3, 0.4) is 0 Å². The SMILES string of the molecule is Nc1ncnn2c(C3(O)CCCN(C(=O)O)CC3)ccc12. The van der Waals surface area contributed by atoms with Crippen LogP contribution in [0.1, 0.15) is 25.0 Å². The van der Waals surface area contributed by atoms with E-state index in [0.29, 0.717) is 49.4 Å². The first-order valence-electron chi connectivity index (χ1n) is 6.80. The van der Waals surface area contributed by atoms with Gasteiger partial charge in [0.15, 0.2) is 5.82 Å².